The summed E-state index contributed by atoms with van der Waals surface area (Å²) >= 11 is 1.85. The van der Waals surface area contributed by atoms with Crippen molar-refractivity contribution < 1.29 is 13.2 Å². The summed E-state index contributed by atoms with van der Waals surface area (Å²) in [6.45, 7) is 3.38. The molecule has 5 atom stereocenters. The van der Waals surface area contributed by atoms with Crippen LogP contribution in [-0.4, -0.2) is 86.7 Å². The Morgan fingerprint density at radius 3 is 2.42 bits per heavy atom. The molecule has 4 aliphatic rings. The van der Waals surface area contributed by atoms with Gasteiger partial charge in [-0.05, 0) is 83.8 Å². The van der Waals surface area contributed by atoms with Crippen LogP contribution in [0.2, 0.25) is 0 Å². The van der Waals surface area contributed by atoms with E-state index in [0.29, 0.717) is 30.2 Å². The number of piperidine rings is 2. The van der Waals surface area contributed by atoms with Gasteiger partial charge in [0.2, 0.25) is 5.91 Å². The molecular formula is C22H40N4O3S2. The maximum absolute atomic E-state index is 13.2. The molecular weight excluding hydrogens is 432 g/mol. The van der Waals surface area contributed by atoms with Crippen molar-refractivity contribution in [1.82, 2.24) is 20.9 Å². The summed E-state index contributed by atoms with van der Waals surface area (Å²) in [5.74, 6) is 1.29. The fourth-order valence-corrected chi connectivity index (χ4v) is 9.79. The first-order valence-electron chi connectivity index (χ1n) is 12.1. The molecule has 3 N–H and O–H groups in total. The molecule has 1 saturated carbocycles. The number of nitrogens with one attached hydrogen (secondary N) is 3. The van der Waals surface area contributed by atoms with Crippen molar-refractivity contribution in [3.8, 4) is 0 Å². The van der Waals surface area contributed by atoms with E-state index in [0.717, 1.165) is 58.0 Å². The largest absolute Gasteiger partial charge is 0.355 e. The van der Waals surface area contributed by atoms with Gasteiger partial charge in [0.1, 0.15) is 0 Å². The first-order valence-corrected chi connectivity index (χ1v) is 14.7. The summed E-state index contributed by atoms with van der Waals surface area (Å²) in [5.41, 5.74) is 0. The molecule has 1 amide bonds. The first kappa shape index (κ1) is 23.8. The van der Waals surface area contributed by atoms with E-state index in [9.17, 15) is 13.2 Å². The SMILES string of the molecule is CN(C)C1CCC(S(=O)(=O)C2CCC(CNC(=O)C3CC4CCNCC4S3)CC2)CN1. The molecule has 0 radical (unpaired) electrons. The number of carbonyl (C=O) groups excluding carboxylic acids is 1. The molecule has 3 saturated heterocycles. The molecule has 1 aliphatic carbocycles. The number of sulfone groups is 1. The Kier molecular flexibility index (Phi) is 7.89. The summed E-state index contributed by atoms with van der Waals surface area (Å²) in [7, 11) is 0.968. The molecule has 0 aromatic heterocycles. The minimum atomic E-state index is -3.09. The van der Waals surface area contributed by atoms with Crippen LogP contribution >= 0.6 is 11.8 Å². The maximum Gasteiger partial charge on any atom is 0.233 e. The molecule has 4 rings (SSSR count). The van der Waals surface area contributed by atoms with E-state index in [2.05, 4.69) is 20.9 Å². The van der Waals surface area contributed by atoms with E-state index in [1.165, 1.54) is 6.42 Å². The molecule has 178 valence electrons. The summed E-state index contributed by atoms with van der Waals surface area (Å²) in [6.07, 6.45) is 7.40. The van der Waals surface area contributed by atoms with Crippen LogP contribution in [0.5, 0.6) is 0 Å². The summed E-state index contributed by atoms with van der Waals surface area (Å²) in [6, 6.07) is 0. The molecule has 3 heterocycles. The second kappa shape index (κ2) is 10.3. The summed E-state index contributed by atoms with van der Waals surface area (Å²) in [4.78, 5) is 14.8. The summed E-state index contributed by atoms with van der Waals surface area (Å²) in [5, 5.41) is 10.3. The van der Waals surface area contributed by atoms with Crippen LogP contribution in [0.25, 0.3) is 0 Å². The Morgan fingerprint density at radius 2 is 1.77 bits per heavy atom. The molecule has 0 aromatic carbocycles. The zero-order chi connectivity index (χ0) is 22.0. The number of rotatable bonds is 6. The number of hydrogen-bond donors (Lipinski definition) is 3. The number of hydrogen-bond acceptors (Lipinski definition) is 7. The quantitative estimate of drug-likeness (QED) is 0.535. The fourth-order valence-electron chi connectivity index (χ4n) is 5.86. The van der Waals surface area contributed by atoms with E-state index in [4.69, 9.17) is 0 Å². The molecule has 7 nitrogen and oxygen atoms in total. The minimum absolute atomic E-state index is 0.0939. The van der Waals surface area contributed by atoms with Crippen molar-refractivity contribution in [2.45, 2.75) is 78.5 Å². The number of fused-ring (bicyclic) bond motifs is 1. The van der Waals surface area contributed by atoms with Gasteiger partial charge < -0.3 is 16.0 Å². The lowest BCUT2D eigenvalue weighted by Crippen LogP contribution is -2.52. The molecule has 0 spiro atoms. The topological polar surface area (TPSA) is 90.5 Å². The highest BCUT2D eigenvalue weighted by Crippen LogP contribution is 2.41. The Balaban J connectivity index is 1.19. The highest BCUT2D eigenvalue weighted by molar-refractivity contribution is 8.01. The van der Waals surface area contributed by atoms with Crippen molar-refractivity contribution >= 4 is 27.5 Å². The lowest BCUT2D eigenvalue weighted by molar-refractivity contribution is -0.120. The third-order valence-corrected chi connectivity index (χ3v) is 12.3. The molecule has 4 fully saturated rings. The van der Waals surface area contributed by atoms with Gasteiger partial charge in [-0.1, -0.05) is 0 Å². The number of carbonyl (C=O) groups is 1. The average Bonchev–Trinajstić information content (AvgIpc) is 3.22. The predicted octanol–water partition coefficient (Wildman–Crippen LogP) is 1.20. The van der Waals surface area contributed by atoms with Crippen molar-refractivity contribution in [1.29, 1.82) is 0 Å². The zero-order valence-electron chi connectivity index (χ0n) is 19.0. The van der Waals surface area contributed by atoms with Crippen LogP contribution < -0.4 is 16.0 Å². The smallest absolute Gasteiger partial charge is 0.233 e. The highest BCUT2D eigenvalue weighted by Gasteiger charge is 2.41. The monoisotopic (exact) mass is 472 g/mol. The van der Waals surface area contributed by atoms with Crippen LogP contribution in [0.4, 0.5) is 0 Å². The second-order valence-corrected chi connectivity index (χ2v) is 14.2. The van der Waals surface area contributed by atoms with Gasteiger partial charge in [0.05, 0.1) is 21.9 Å². The van der Waals surface area contributed by atoms with E-state index < -0.39 is 9.84 Å². The standard InChI is InChI=1S/C22H40N4O3S2/c1-26(2)21-8-7-18(13-24-21)31(28,29)17-5-3-15(4-6-17)12-25-22(27)19-11-16-9-10-23-14-20(16)30-19/h15-21,23-24H,3-14H2,1-2H3,(H,25,27). The van der Waals surface area contributed by atoms with Crippen LogP contribution in [0.1, 0.15) is 51.4 Å². The fraction of sp³-hybridized carbons (Fsp3) is 0.955. The highest BCUT2D eigenvalue weighted by atomic mass is 32.2. The van der Waals surface area contributed by atoms with Crippen LogP contribution in [-0.2, 0) is 14.6 Å². The molecule has 5 unspecified atom stereocenters. The molecule has 3 aliphatic heterocycles. The zero-order valence-corrected chi connectivity index (χ0v) is 20.6. The maximum atomic E-state index is 13.2. The lowest BCUT2D eigenvalue weighted by atomic mass is 9.88. The molecule has 0 bridgehead atoms. The Labute approximate surface area is 192 Å². The van der Waals surface area contributed by atoms with E-state index in [1.54, 1.807) is 0 Å². The molecule has 9 heteroatoms. The van der Waals surface area contributed by atoms with Crippen LogP contribution in [0.15, 0.2) is 0 Å². The average molecular weight is 473 g/mol. The molecule has 0 aromatic rings. The summed E-state index contributed by atoms with van der Waals surface area (Å²) < 4.78 is 26.3. The first-order chi connectivity index (χ1) is 14.8. The van der Waals surface area contributed by atoms with Crippen molar-refractivity contribution in [3.05, 3.63) is 0 Å². The van der Waals surface area contributed by atoms with E-state index in [-0.39, 0.29) is 27.8 Å². The van der Waals surface area contributed by atoms with Gasteiger partial charge in [0, 0.05) is 24.9 Å². The van der Waals surface area contributed by atoms with Crippen LogP contribution in [0.3, 0.4) is 0 Å². The van der Waals surface area contributed by atoms with Gasteiger partial charge in [-0.2, -0.15) is 0 Å². The van der Waals surface area contributed by atoms with Crippen LogP contribution in [0, 0.1) is 11.8 Å². The van der Waals surface area contributed by atoms with Gasteiger partial charge in [0.25, 0.3) is 0 Å². The van der Waals surface area contributed by atoms with E-state index in [1.807, 2.05) is 25.9 Å². The predicted molar refractivity (Wildman–Crippen MR) is 127 cm³/mol. The van der Waals surface area contributed by atoms with Gasteiger partial charge in [-0.3, -0.25) is 9.69 Å². The lowest BCUT2D eigenvalue weighted by Gasteiger charge is -2.36. The third-order valence-electron chi connectivity index (χ3n) is 7.97. The Hall–Kier alpha value is -0.350. The number of amides is 1. The van der Waals surface area contributed by atoms with Gasteiger partial charge >= 0.3 is 0 Å². The third kappa shape index (κ3) is 5.60. The molecule has 31 heavy (non-hydrogen) atoms. The Morgan fingerprint density at radius 1 is 1.03 bits per heavy atom. The van der Waals surface area contributed by atoms with Gasteiger partial charge in [-0.15, -0.1) is 11.8 Å². The van der Waals surface area contributed by atoms with Crippen molar-refractivity contribution in [2.75, 3.05) is 40.3 Å². The number of nitrogens with zero attached hydrogens (tertiary/aromatic N) is 1. The van der Waals surface area contributed by atoms with Crippen molar-refractivity contribution in [3.63, 3.8) is 0 Å². The Bertz CT molecular complexity index is 702. The van der Waals surface area contributed by atoms with Crippen molar-refractivity contribution in [2.24, 2.45) is 11.8 Å². The minimum Gasteiger partial charge on any atom is -0.355 e. The second-order valence-electron chi connectivity index (χ2n) is 10.2. The van der Waals surface area contributed by atoms with Gasteiger partial charge in [-0.25, -0.2) is 8.42 Å². The van der Waals surface area contributed by atoms with E-state index >= 15 is 0 Å². The van der Waals surface area contributed by atoms with Gasteiger partial charge in [0.15, 0.2) is 9.84 Å². The number of thioether (sulfide) groups is 1. The normalized spacial score (nSPS) is 39.3.